The molecule has 27 heavy (non-hydrogen) atoms. The molecule has 0 spiro atoms. The number of methoxy groups -OCH3 is 1. The second-order valence-corrected chi connectivity index (χ2v) is 7.49. The van der Waals surface area contributed by atoms with E-state index in [4.69, 9.17) is 16.3 Å². The van der Waals surface area contributed by atoms with Gasteiger partial charge >= 0.3 is 6.18 Å². The number of ether oxygens (including phenoxy) is 1. The van der Waals surface area contributed by atoms with Crippen LogP contribution in [0.3, 0.4) is 0 Å². The zero-order chi connectivity index (χ0) is 20.5. The zero-order valence-electron chi connectivity index (χ0n) is 15.1. The highest BCUT2D eigenvalue weighted by Crippen LogP contribution is 2.45. The number of halogens is 5. The molecule has 1 aromatic heterocycles. The number of aromatic nitrogens is 1. The van der Waals surface area contributed by atoms with Crippen molar-refractivity contribution >= 4 is 11.6 Å². The number of nitrogens with zero attached hydrogens (tertiary/aromatic N) is 1. The highest BCUT2D eigenvalue weighted by atomic mass is 35.5. The van der Waals surface area contributed by atoms with Gasteiger partial charge in [0.25, 0.3) is 0 Å². The van der Waals surface area contributed by atoms with Gasteiger partial charge in [-0.15, -0.1) is 0 Å². The van der Waals surface area contributed by atoms with E-state index in [1.807, 2.05) is 0 Å². The molecule has 1 heterocycles. The predicted octanol–water partition coefficient (Wildman–Crippen LogP) is 5.09. The molecule has 148 valence electrons. The Balaban J connectivity index is 2.45. The second kappa shape index (κ2) is 7.64. The quantitative estimate of drug-likeness (QED) is 0.538. The Labute approximate surface area is 160 Å². The van der Waals surface area contributed by atoms with E-state index in [2.05, 4.69) is 4.98 Å². The fourth-order valence-corrected chi connectivity index (χ4v) is 3.39. The minimum atomic E-state index is -4.92. The van der Waals surface area contributed by atoms with Crippen LogP contribution in [-0.4, -0.2) is 29.0 Å². The Kier molecular flexibility index (Phi) is 6.06. The van der Waals surface area contributed by atoms with Crippen LogP contribution < -0.4 is 4.74 Å². The van der Waals surface area contributed by atoms with Crippen LogP contribution in [0.1, 0.15) is 31.4 Å². The third-order valence-corrected chi connectivity index (χ3v) is 4.65. The molecule has 0 amide bonds. The average Bonchev–Trinajstić information content (AvgIpc) is 2.53. The van der Waals surface area contributed by atoms with E-state index in [1.165, 1.54) is 45.4 Å². The summed E-state index contributed by atoms with van der Waals surface area (Å²) >= 11 is 5.74. The topological polar surface area (TPSA) is 42.4 Å². The fourth-order valence-electron chi connectivity index (χ4n) is 3.19. The standard InChI is InChI=1S/C19H20ClF4NO2/c1-17(2,14-9-13(21)4-5-15(14)27-3)11-18(26,19(22,23)24)10-12-6-7-25-16(20)8-12/h4-9,26H,10-11H2,1-3H3. The number of pyridine rings is 1. The number of aliphatic hydroxyl groups is 1. The summed E-state index contributed by atoms with van der Waals surface area (Å²) in [6.45, 7) is 3.00. The molecule has 1 atom stereocenters. The number of rotatable bonds is 6. The third kappa shape index (κ3) is 4.90. The Morgan fingerprint density at radius 1 is 1.15 bits per heavy atom. The summed E-state index contributed by atoms with van der Waals surface area (Å²) in [5.74, 6) is -0.354. The minimum absolute atomic E-state index is 0.0306. The van der Waals surface area contributed by atoms with Gasteiger partial charge < -0.3 is 9.84 Å². The SMILES string of the molecule is COc1ccc(F)cc1C(C)(C)CC(O)(Cc1ccnc(Cl)c1)C(F)(F)F. The molecule has 0 radical (unpaired) electrons. The van der Waals surface area contributed by atoms with Crippen molar-refractivity contribution in [3.05, 3.63) is 58.6 Å². The monoisotopic (exact) mass is 405 g/mol. The second-order valence-electron chi connectivity index (χ2n) is 7.10. The lowest BCUT2D eigenvalue weighted by molar-refractivity contribution is -0.266. The maximum Gasteiger partial charge on any atom is 0.417 e. The van der Waals surface area contributed by atoms with Crippen molar-refractivity contribution in [3.8, 4) is 5.75 Å². The van der Waals surface area contributed by atoms with Gasteiger partial charge in [0.15, 0.2) is 5.60 Å². The lowest BCUT2D eigenvalue weighted by Gasteiger charge is -2.38. The van der Waals surface area contributed by atoms with Gasteiger partial charge in [0, 0.05) is 18.2 Å². The van der Waals surface area contributed by atoms with Crippen molar-refractivity contribution in [3.63, 3.8) is 0 Å². The molecule has 1 unspecified atom stereocenters. The summed E-state index contributed by atoms with van der Waals surface area (Å²) in [6.07, 6.45) is -5.06. The van der Waals surface area contributed by atoms with Gasteiger partial charge in [0.1, 0.15) is 16.7 Å². The molecule has 0 saturated carbocycles. The molecule has 2 rings (SSSR count). The molecule has 1 aromatic carbocycles. The van der Waals surface area contributed by atoms with E-state index >= 15 is 0 Å². The van der Waals surface area contributed by atoms with Crippen LogP contribution in [0.2, 0.25) is 5.15 Å². The maximum atomic E-state index is 13.8. The van der Waals surface area contributed by atoms with E-state index in [0.29, 0.717) is 0 Å². The minimum Gasteiger partial charge on any atom is -0.496 e. The number of benzene rings is 1. The van der Waals surface area contributed by atoms with Crippen LogP contribution in [0.15, 0.2) is 36.5 Å². The van der Waals surface area contributed by atoms with Crippen molar-refractivity contribution in [1.82, 2.24) is 4.98 Å². The van der Waals surface area contributed by atoms with Gasteiger partial charge in [0.05, 0.1) is 7.11 Å². The lowest BCUT2D eigenvalue weighted by Crippen LogP contribution is -2.50. The summed E-state index contributed by atoms with van der Waals surface area (Å²) < 4.78 is 60.3. The van der Waals surface area contributed by atoms with E-state index in [9.17, 15) is 22.7 Å². The Bertz CT molecular complexity index is 811. The van der Waals surface area contributed by atoms with Crippen molar-refractivity contribution in [2.75, 3.05) is 7.11 Å². The van der Waals surface area contributed by atoms with Crippen LogP contribution >= 0.6 is 11.6 Å². The van der Waals surface area contributed by atoms with Crippen molar-refractivity contribution in [2.24, 2.45) is 0 Å². The largest absolute Gasteiger partial charge is 0.496 e. The first-order valence-electron chi connectivity index (χ1n) is 8.11. The Morgan fingerprint density at radius 3 is 2.37 bits per heavy atom. The van der Waals surface area contributed by atoms with Crippen LogP contribution in [0.5, 0.6) is 5.75 Å². The van der Waals surface area contributed by atoms with Gasteiger partial charge in [-0.2, -0.15) is 13.2 Å². The van der Waals surface area contributed by atoms with Crippen molar-refractivity contribution < 1.29 is 27.4 Å². The van der Waals surface area contributed by atoms with Gasteiger partial charge in [-0.05, 0) is 47.7 Å². The highest BCUT2D eigenvalue weighted by molar-refractivity contribution is 6.29. The number of alkyl halides is 3. The first-order valence-corrected chi connectivity index (χ1v) is 8.49. The smallest absolute Gasteiger partial charge is 0.417 e. The molecule has 0 aliphatic carbocycles. The summed E-state index contributed by atoms with van der Waals surface area (Å²) in [7, 11) is 1.35. The summed E-state index contributed by atoms with van der Waals surface area (Å²) in [5, 5.41) is 10.6. The van der Waals surface area contributed by atoms with Crippen LogP contribution in [0.25, 0.3) is 0 Å². The fraction of sp³-hybridized carbons (Fsp3) is 0.421. The zero-order valence-corrected chi connectivity index (χ0v) is 15.8. The van der Waals surface area contributed by atoms with Crippen molar-refractivity contribution in [1.29, 1.82) is 0 Å². The molecule has 0 aliphatic rings. The summed E-state index contributed by atoms with van der Waals surface area (Å²) in [6, 6.07) is 6.26. The van der Waals surface area contributed by atoms with E-state index in [1.54, 1.807) is 0 Å². The number of hydrogen-bond acceptors (Lipinski definition) is 3. The molecule has 0 saturated heterocycles. The third-order valence-electron chi connectivity index (χ3n) is 4.44. The van der Waals surface area contributed by atoms with Gasteiger partial charge in [-0.1, -0.05) is 25.4 Å². The Morgan fingerprint density at radius 2 is 1.81 bits per heavy atom. The van der Waals surface area contributed by atoms with E-state index < -0.39 is 35.9 Å². The van der Waals surface area contributed by atoms with Gasteiger partial charge in [0.2, 0.25) is 0 Å². The van der Waals surface area contributed by atoms with Crippen molar-refractivity contribution in [2.45, 2.75) is 43.9 Å². The summed E-state index contributed by atoms with van der Waals surface area (Å²) in [5.41, 5.74) is -3.87. The molecule has 3 nitrogen and oxygen atoms in total. The molecule has 8 heteroatoms. The molecule has 0 aliphatic heterocycles. The molecular formula is C19H20ClF4NO2. The van der Waals surface area contributed by atoms with Crippen LogP contribution in [-0.2, 0) is 11.8 Å². The first-order chi connectivity index (χ1) is 12.4. The molecule has 1 N–H and O–H groups in total. The predicted molar refractivity (Wildman–Crippen MR) is 94.6 cm³/mol. The van der Waals surface area contributed by atoms with Gasteiger partial charge in [-0.25, -0.2) is 9.37 Å². The Hall–Kier alpha value is -1.86. The van der Waals surface area contributed by atoms with Crippen LogP contribution in [0.4, 0.5) is 17.6 Å². The van der Waals surface area contributed by atoms with E-state index in [0.717, 1.165) is 12.1 Å². The van der Waals surface area contributed by atoms with Gasteiger partial charge in [-0.3, -0.25) is 0 Å². The van der Waals surface area contributed by atoms with E-state index in [-0.39, 0.29) is 22.0 Å². The summed E-state index contributed by atoms with van der Waals surface area (Å²) in [4.78, 5) is 3.73. The number of hydrogen-bond donors (Lipinski definition) is 1. The van der Waals surface area contributed by atoms with Crippen LogP contribution in [0, 0.1) is 5.82 Å². The highest BCUT2D eigenvalue weighted by Gasteiger charge is 2.56. The maximum absolute atomic E-state index is 13.8. The molecular weight excluding hydrogens is 386 g/mol. The lowest BCUT2D eigenvalue weighted by atomic mass is 9.72. The average molecular weight is 406 g/mol. The molecule has 2 aromatic rings. The normalized spacial score (nSPS) is 14.7. The first kappa shape index (κ1) is 21.4. The molecule has 0 fully saturated rings. The molecule has 0 bridgehead atoms.